The standard InChI is InChI=1S/C16H20FNO3/c1-11-9-13(17)4-5-14(11)12-3-2-8-18(10-12)15(19)6-7-16(20)21/h4-5,9,12H,2-3,6-8,10H2,1H3,(H,20,21). The number of likely N-dealkylation sites (tertiary alicyclic amines) is 1. The molecular formula is C16H20FNO3. The minimum absolute atomic E-state index is 0.0461. The van der Waals surface area contributed by atoms with E-state index < -0.39 is 5.97 Å². The third kappa shape index (κ3) is 4.03. The van der Waals surface area contributed by atoms with Gasteiger partial charge in [-0.2, -0.15) is 0 Å². The first-order valence-corrected chi connectivity index (χ1v) is 7.23. The second kappa shape index (κ2) is 6.70. The summed E-state index contributed by atoms with van der Waals surface area (Å²) >= 11 is 0. The number of rotatable bonds is 4. The number of carboxylic acid groups (broad SMARTS) is 1. The first-order valence-electron chi connectivity index (χ1n) is 7.23. The van der Waals surface area contributed by atoms with Crippen LogP contribution in [0.4, 0.5) is 4.39 Å². The Balaban J connectivity index is 2.03. The van der Waals surface area contributed by atoms with Gasteiger partial charge in [-0.1, -0.05) is 6.07 Å². The number of nitrogens with zero attached hydrogens (tertiary/aromatic N) is 1. The average molecular weight is 293 g/mol. The van der Waals surface area contributed by atoms with E-state index in [1.165, 1.54) is 12.1 Å². The van der Waals surface area contributed by atoms with Crippen LogP contribution < -0.4 is 0 Å². The van der Waals surface area contributed by atoms with Gasteiger partial charge in [-0.05, 0) is 43.0 Å². The van der Waals surface area contributed by atoms with Gasteiger partial charge in [0, 0.05) is 25.4 Å². The second-order valence-corrected chi connectivity index (χ2v) is 5.57. The number of aryl methyl sites for hydroxylation is 1. The summed E-state index contributed by atoms with van der Waals surface area (Å²) in [5.74, 6) is -1.11. The molecular weight excluding hydrogens is 273 g/mol. The normalized spacial score (nSPS) is 18.6. The number of halogens is 1. The van der Waals surface area contributed by atoms with Gasteiger partial charge in [-0.25, -0.2) is 4.39 Å². The number of hydrogen-bond acceptors (Lipinski definition) is 2. The van der Waals surface area contributed by atoms with Crippen LogP contribution in [0.15, 0.2) is 18.2 Å². The number of benzene rings is 1. The van der Waals surface area contributed by atoms with Crippen molar-refractivity contribution in [3.63, 3.8) is 0 Å². The molecule has 21 heavy (non-hydrogen) atoms. The third-order valence-corrected chi connectivity index (χ3v) is 4.00. The maximum atomic E-state index is 13.2. The number of hydrogen-bond donors (Lipinski definition) is 1. The number of carboxylic acids is 1. The molecule has 1 aliphatic rings. The van der Waals surface area contributed by atoms with Crippen LogP contribution in [0.25, 0.3) is 0 Å². The number of carbonyl (C=O) groups is 2. The monoisotopic (exact) mass is 293 g/mol. The molecule has 1 heterocycles. The quantitative estimate of drug-likeness (QED) is 0.928. The summed E-state index contributed by atoms with van der Waals surface area (Å²) in [5, 5.41) is 8.65. The van der Waals surface area contributed by atoms with Gasteiger partial charge in [0.05, 0.1) is 6.42 Å². The Morgan fingerprint density at radius 3 is 2.81 bits per heavy atom. The molecule has 1 atom stereocenters. The fourth-order valence-corrected chi connectivity index (χ4v) is 2.93. The first-order chi connectivity index (χ1) is 9.97. The predicted molar refractivity (Wildman–Crippen MR) is 76.6 cm³/mol. The van der Waals surface area contributed by atoms with E-state index in [4.69, 9.17) is 5.11 Å². The van der Waals surface area contributed by atoms with Crippen LogP contribution in [-0.4, -0.2) is 35.0 Å². The maximum Gasteiger partial charge on any atom is 0.303 e. The van der Waals surface area contributed by atoms with Crippen molar-refractivity contribution in [2.45, 2.75) is 38.5 Å². The molecule has 114 valence electrons. The molecule has 1 aromatic rings. The van der Waals surface area contributed by atoms with Gasteiger partial charge in [0.2, 0.25) is 5.91 Å². The topological polar surface area (TPSA) is 57.6 Å². The summed E-state index contributed by atoms with van der Waals surface area (Å²) < 4.78 is 13.2. The molecule has 5 heteroatoms. The van der Waals surface area contributed by atoms with Crippen molar-refractivity contribution >= 4 is 11.9 Å². The van der Waals surface area contributed by atoms with Crippen molar-refractivity contribution in [3.8, 4) is 0 Å². The van der Waals surface area contributed by atoms with E-state index in [9.17, 15) is 14.0 Å². The molecule has 1 unspecified atom stereocenters. The Labute approximate surface area is 123 Å². The largest absolute Gasteiger partial charge is 0.481 e. The van der Waals surface area contributed by atoms with Crippen molar-refractivity contribution in [3.05, 3.63) is 35.1 Å². The molecule has 1 amide bonds. The van der Waals surface area contributed by atoms with Gasteiger partial charge in [0.1, 0.15) is 5.82 Å². The molecule has 0 saturated carbocycles. The lowest BCUT2D eigenvalue weighted by Crippen LogP contribution is -2.39. The molecule has 2 rings (SSSR count). The molecule has 0 radical (unpaired) electrons. The summed E-state index contributed by atoms with van der Waals surface area (Å²) in [5.41, 5.74) is 1.98. The van der Waals surface area contributed by atoms with E-state index in [0.717, 1.165) is 24.0 Å². The Bertz CT molecular complexity index is 544. The van der Waals surface area contributed by atoms with Gasteiger partial charge < -0.3 is 10.0 Å². The molecule has 0 bridgehead atoms. The molecule has 1 saturated heterocycles. The number of carbonyl (C=O) groups excluding carboxylic acids is 1. The van der Waals surface area contributed by atoms with Crippen molar-refractivity contribution in [1.29, 1.82) is 0 Å². The highest BCUT2D eigenvalue weighted by Crippen LogP contribution is 2.29. The number of piperidine rings is 1. The van der Waals surface area contributed by atoms with Gasteiger partial charge >= 0.3 is 5.97 Å². The van der Waals surface area contributed by atoms with E-state index in [1.807, 2.05) is 6.92 Å². The summed E-state index contributed by atoms with van der Waals surface area (Å²) in [6.45, 7) is 3.14. The van der Waals surface area contributed by atoms with Gasteiger partial charge in [-0.15, -0.1) is 0 Å². The lowest BCUT2D eigenvalue weighted by Gasteiger charge is -2.33. The smallest absolute Gasteiger partial charge is 0.303 e. The minimum atomic E-state index is -0.953. The Morgan fingerprint density at radius 2 is 2.14 bits per heavy atom. The Kier molecular flexibility index (Phi) is 4.94. The lowest BCUT2D eigenvalue weighted by molar-refractivity contribution is -0.141. The van der Waals surface area contributed by atoms with Gasteiger partial charge in [0.15, 0.2) is 0 Å². The minimum Gasteiger partial charge on any atom is -0.481 e. The van der Waals surface area contributed by atoms with E-state index >= 15 is 0 Å². The molecule has 1 N–H and O–H groups in total. The number of amides is 1. The molecule has 1 fully saturated rings. The summed E-state index contributed by atoms with van der Waals surface area (Å²) in [4.78, 5) is 24.3. The van der Waals surface area contributed by atoms with Crippen LogP contribution in [0.3, 0.4) is 0 Å². The van der Waals surface area contributed by atoms with Gasteiger partial charge in [-0.3, -0.25) is 9.59 Å². The highest BCUT2D eigenvalue weighted by atomic mass is 19.1. The predicted octanol–water partition coefficient (Wildman–Crippen LogP) is 2.70. The van der Waals surface area contributed by atoms with Crippen LogP contribution in [-0.2, 0) is 9.59 Å². The molecule has 0 aliphatic carbocycles. The van der Waals surface area contributed by atoms with Crippen LogP contribution in [0.5, 0.6) is 0 Å². The van der Waals surface area contributed by atoms with Crippen molar-refractivity contribution in [2.24, 2.45) is 0 Å². The van der Waals surface area contributed by atoms with Crippen LogP contribution >= 0.6 is 0 Å². The maximum absolute atomic E-state index is 13.2. The van der Waals surface area contributed by atoms with E-state index in [1.54, 1.807) is 11.0 Å². The molecule has 1 aromatic carbocycles. The highest BCUT2D eigenvalue weighted by Gasteiger charge is 2.25. The zero-order valence-electron chi connectivity index (χ0n) is 12.1. The summed E-state index contributed by atoms with van der Waals surface area (Å²) in [6, 6.07) is 4.76. The molecule has 0 spiro atoms. The van der Waals surface area contributed by atoms with Crippen molar-refractivity contribution in [2.75, 3.05) is 13.1 Å². The van der Waals surface area contributed by atoms with Gasteiger partial charge in [0.25, 0.3) is 0 Å². The first kappa shape index (κ1) is 15.5. The number of aliphatic carboxylic acids is 1. The van der Waals surface area contributed by atoms with Crippen LogP contribution in [0.1, 0.15) is 42.7 Å². The fraction of sp³-hybridized carbons (Fsp3) is 0.500. The van der Waals surface area contributed by atoms with E-state index in [2.05, 4.69) is 0 Å². The van der Waals surface area contributed by atoms with E-state index in [0.29, 0.717) is 13.1 Å². The third-order valence-electron chi connectivity index (χ3n) is 4.00. The molecule has 0 aromatic heterocycles. The SMILES string of the molecule is Cc1cc(F)ccc1C1CCCN(C(=O)CCC(=O)O)C1. The van der Waals surface area contributed by atoms with Crippen LogP contribution in [0.2, 0.25) is 0 Å². The summed E-state index contributed by atoms with van der Waals surface area (Å²) in [6.07, 6.45) is 1.77. The Morgan fingerprint density at radius 1 is 1.38 bits per heavy atom. The average Bonchev–Trinajstić information content (AvgIpc) is 2.45. The van der Waals surface area contributed by atoms with Crippen molar-refractivity contribution < 1.29 is 19.1 Å². The fourth-order valence-electron chi connectivity index (χ4n) is 2.93. The molecule has 1 aliphatic heterocycles. The zero-order chi connectivity index (χ0) is 15.4. The van der Waals surface area contributed by atoms with Crippen LogP contribution in [0, 0.1) is 12.7 Å². The lowest BCUT2D eigenvalue weighted by atomic mass is 9.88. The van der Waals surface area contributed by atoms with Crippen molar-refractivity contribution in [1.82, 2.24) is 4.90 Å². The van der Waals surface area contributed by atoms with E-state index in [-0.39, 0.29) is 30.5 Å². The molecule has 4 nitrogen and oxygen atoms in total. The highest BCUT2D eigenvalue weighted by molar-refractivity contribution is 5.80. The second-order valence-electron chi connectivity index (χ2n) is 5.57. The Hall–Kier alpha value is -1.91. The summed E-state index contributed by atoms with van der Waals surface area (Å²) in [7, 11) is 0. The zero-order valence-corrected chi connectivity index (χ0v) is 12.1.